The van der Waals surface area contributed by atoms with Crippen LogP contribution in [0.15, 0.2) is 22.7 Å². The maximum Gasteiger partial charge on any atom is 0.125 e. The fourth-order valence-corrected chi connectivity index (χ4v) is 2.94. The van der Waals surface area contributed by atoms with Crippen LogP contribution in [0, 0.1) is 0 Å². The van der Waals surface area contributed by atoms with Crippen molar-refractivity contribution in [1.82, 2.24) is 10.2 Å². The van der Waals surface area contributed by atoms with Gasteiger partial charge in [0.15, 0.2) is 0 Å². The Hall–Kier alpha value is -0.580. The Morgan fingerprint density at radius 3 is 3.00 bits per heavy atom. The molecular weight excluding hydrogens is 316 g/mol. The van der Waals surface area contributed by atoms with Crippen LogP contribution < -0.4 is 10.1 Å². The highest BCUT2D eigenvalue weighted by Crippen LogP contribution is 2.34. The van der Waals surface area contributed by atoms with Crippen molar-refractivity contribution in [2.24, 2.45) is 0 Å². The molecule has 0 aromatic heterocycles. The average Bonchev–Trinajstić information content (AvgIpc) is 2.58. The minimum Gasteiger partial charge on any atom is -0.493 e. The topological polar surface area (TPSA) is 24.5 Å². The van der Waals surface area contributed by atoms with Gasteiger partial charge in [0, 0.05) is 22.1 Å². The Kier molecular flexibility index (Phi) is 5.87. The molecule has 1 aliphatic rings. The van der Waals surface area contributed by atoms with Gasteiger partial charge in [0.1, 0.15) is 5.75 Å². The molecular formula is C16H25BrN2O. The Bertz CT molecular complexity index is 436. The van der Waals surface area contributed by atoms with Crippen LogP contribution in [0.3, 0.4) is 0 Å². The van der Waals surface area contributed by atoms with Crippen molar-refractivity contribution in [2.45, 2.75) is 38.3 Å². The summed E-state index contributed by atoms with van der Waals surface area (Å²) < 4.78 is 6.94. The van der Waals surface area contributed by atoms with Gasteiger partial charge in [-0.05, 0) is 59.0 Å². The number of ether oxygens (including phenoxy) is 1. The van der Waals surface area contributed by atoms with Crippen LogP contribution in [0.1, 0.15) is 37.8 Å². The Morgan fingerprint density at radius 2 is 2.25 bits per heavy atom. The molecule has 0 saturated carbocycles. The van der Waals surface area contributed by atoms with Gasteiger partial charge < -0.3 is 15.0 Å². The number of benzene rings is 1. The van der Waals surface area contributed by atoms with Crippen LogP contribution in [0.4, 0.5) is 0 Å². The first-order valence-corrected chi connectivity index (χ1v) is 8.18. The quantitative estimate of drug-likeness (QED) is 0.886. The molecule has 1 aromatic rings. The molecule has 0 saturated heterocycles. The first-order valence-electron chi connectivity index (χ1n) is 7.39. The predicted molar refractivity (Wildman–Crippen MR) is 87.4 cm³/mol. The third kappa shape index (κ3) is 4.47. The number of nitrogens with one attached hydrogen (secondary N) is 1. The second-order valence-corrected chi connectivity index (χ2v) is 6.80. The van der Waals surface area contributed by atoms with Crippen molar-refractivity contribution in [3.63, 3.8) is 0 Å². The molecule has 3 nitrogen and oxygen atoms in total. The standard InChI is InChI=1S/C16H25BrN2O/c1-12(8-9-19(2)3)18-15-5-4-10-20-16-11-13(17)6-7-14(15)16/h6-7,11-12,15,18H,4-5,8-10H2,1-3H3. The predicted octanol–water partition coefficient (Wildman–Crippen LogP) is 3.59. The summed E-state index contributed by atoms with van der Waals surface area (Å²) in [6.07, 6.45) is 3.40. The lowest BCUT2D eigenvalue weighted by Gasteiger charge is -2.24. The molecule has 2 rings (SSSR count). The van der Waals surface area contributed by atoms with Crippen LogP contribution in [0.2, 0.25) is 0 Å². The van der Waals surface area contributed by atoms with E-state index in [1.165, 1.54) is 5.56 Å². The van der Waals surface area contributed by atoms with Crippen molar-refractivity contribution < 1.29 is 4.74 Å². The van der Waals surface area contributed by atoms with Gasteiger partial charge in [0.2, 0.25) is 0 Å². The lowest BCUT2D eigenvalue weighted by atomic mass is 10.0. The summed E-state index contributed by atoms with van der Waals surface area (Å²) in [4.78, 5) is 2.24. The third-order valence-electron chi connectivity index (χ3n) is 3.74. The fourth-order valence-electron chi connectivity index (χ4n) is 2.60. The maximum atomic E-state index is 5.86. The first kappa shape index (κ1) is 15.8. The molecule has 0 bridgehead atoms. The highest BCUT2D eigenvalue weighted by atomic mass is 79.9. The summed E-state index contributed by atoms with van der Waals surface area (Å²) in [6.45, 7) is 4.20. The summed E-state index contributed by atoms with van der Waals surface area (Å²) in [5.41, 5.74) is 1.29. The molecule has 0 radical (unpaired) electrons. The van der Waals surface area contributed by atoms with Crippen molar-refractivity contribution in [3.05, 3.63) is 28.2 Å². The second kappa shape index (κ2) is 7.43. The van der Waals surface area contributed by atoms with Crippen LogP contribution in [-0.2, 0) is 0 Å². The van der Waals surface area contributed by atoms with E-state index in [1.807, 2.05) is 0 Å². The monoisotopic (exact) mass is 340 g/mol. The number of hydrogen-bond donors (Lipinski definition) is 1. The number of rotatable bonds is 5. The van der Waals surface area contributed by atoms with Gasteiger partial charge in [0.05, 0.1) is 6.61 Å². The molecule has 0 spiro atoms. The van der Waals surface area contributed by atoms with Crippen molar-refractivity contribution in [1.29, 1.82) is 0 Å². The molecule has 112 valence electrons. The molecule has 2 unspecified atom stereocenters. The van der Waals surface area contributed by atoms with E-state index in [-0.39, 0.29) is 0 Å². The Morgan fingerprint density at radius 1 is 1.45 bits per heavy atom. The molecule has 20 heavy (non-hydrogen) atoms. The Labute approximate surface area is 130 Å². The number of fused-ring (bicyclic) bond motifs is 1. The van der Waals surface area contributed by atoms with Crippen LogP contribution in [0.5, 0.6) is 5.75 Å². The molecule has 4 heteroatoms. The van der Waals surface area contributed by atoms with Crippen molar-refractivity contribution in [3.8, 4) is 5.75 Å². The van der Waals surface area contributed by atoms with Crippen LogP contribution in [-0.4, -0.2) is 38.2 Å². The minimum absolute atomic E-state index is 0.401. The van der Waals surface area contributed by atoms with Gasteiger partial charge in [-0.2, -0.15) is 0 Å². The van der Waals surface area contributed by atoms with E-state index in [4.69, 9.17) is 4.74 Å². The number of hydrogen-bond acceptors (Lipinski definition) is 3. The van der Waals surface area contributed by atoms with E-state index in [2.05, 4.69) is 65.4 Å². The molecule has 1 N–H and O–H groups in total. The summed E-state index contributed by atoms with van der Waals surface area (Å²) in [5, 5.41) is 3.77. The van der Waals surface area contributed by atoms with E-state index in [0.717, 1.165) is 42.6 Å². The molecule has 0 amide bonds. The SMILES string of the molecule is CC(CCN(C)C)NC1CCCOc2cc(Br)ccc21. The molecule has 1 aliphatic heterocycles. The smallest absolute Gasteiger partial charge is 0.125 e. The molecule has 2 atom stereocenters. The van der Waals surface area contributed by atoms with Gasteiger partial charge >= 0.3 is 0 Å². The zero-order valence-electron chi connectivity index (χ0n) is 12.7. The summed E-state index contributed by atoms with van der Waals surface area (Å²) in [7, 11) is 4.25. The van der Waals surface area contributed by atoms with E-state index >= 15 is 0 Å². The van der Waals surface area contributed by atoms with E-state index in [0.29, 0.717) is 12.1 Å². The largest absolute Gasteiger partial charge is 0.493 e. The van der Waals surface area contributed by atoms with Gasteiger partial charge in [-0.15, -0.1) is 0 Å². The molecule has 1 aromatic carbocycles. The number of nitrogens with zero attached hydrogens (tertiary/aromatic N) is 1. The van der Waals surface area contributed by atoms with Crippen molar-refractivity contribution in [2.75, 3.05) is 27.2 Å². The van der Waals surface area contributed by atoms with Crippen molar-refractivity contribution >= 4 is 15.9 Å². The first-order chi connectivity index (χ1) is 9.56. The lowest BCUT2D eigenvalue weighted by molar-refractivity contribution is 0.312. The summed E-state index contributed by atoms with van der Waals surface area (Å²) >= 11 is 3.52. The van der Waals surface area contributed by atoms with E-state index < -0.39 is 0 Å². The zero-order valence-corrected chi connectivity index (χ0v) is 14.2. The van der Waals surface area contributed by atoms with Gasteiger partial charge in [-0.3, -0.25) is 0 Å². The van der Waals surface area contributed by atoms with E-state index in [9.17, 15) is 0 Å². The maximum absolute atomic E-state index is 5.86. The number of halogens is 1. The van der Waals surface area contributed by atoms with Gasteiger partial charge in [-0.25, -0.2) is 0 Å². The van der Waals surface area contributed by atoms with Crippen LogP contribution >= 0.6 is 15.9 Å². The highest BCUT2D eigenvalue weighted by molar-refractivity contribution is 9.10. The Balaban J connectivity index is 2.04. The normalized spacial score (nSPS) is 20.1. The van der Waals surface area contributed by atoms with Gasteiger partial charge in [0.25, 0.3) is 0 Å². The minimum atomic E-state index is 0.401. The summed E-state index contributed by atoms with van der Waals surface area (Å²) in [6, 6.07) is 7.28. The molecule has 1 heterocycles. The van der Waals surface area contributed by atoms with Crippen LogP contribution in [0.25, 0.3) is 0 Å². The van der Waals surface area contributed by atoms with Gasteiger partial charge in [-0.1, -0.05) is 22.0 Å². The lowest BCUT2D eigenvalue weighted by Crippen LogP contribution is -2.33. The molecule has 0 aliphatic carbocycles. The fraction of sp³-hybridized carbons (Fsp3) is 0.625. The summed E-state index contributed by atoms with van der Waals surface area (Å²) in [5.74, 6) is 1.02. The second-order valence-electron chi connectivity index (χ2n) is 5.89. The average molecular weight is 341 g/mol. The third-order valence-corrected chi connectivity index (χ3v) is 4.23. The zero-order chi connectivity index (χ0) is 14.5. The van der Waals surface area contributed by atoms with E-state index in [1.54, 1.807) is 0 Å². The molecule has 0 fully saturated rings. The highest BCUT2D eigenvalue weighted by Gasteiger charge is 2.21.